The molecule has 6 nitrogen and oxygen atoms in total. The Hall–Kier alpha value is -2.11. The summed E-state index contributed by atoms with van der Waals surface area (Å²) in [5.41, 5.74) is 0.894. The van der Waals surface area contributed by atoms with Gasteiger partial charge in [0.25, 0.3) is 5.56 Å². The summed E-state index contributed by atoms with van der Waals surface area (Å²) in [7, 11) is 1.86. The zero-order chi connectivity index (χ0) is 13.1. The van der Waals surface area contributed by atoms with Crippen LogP contribution in [0.15, 0.2) is 29.5 Å². The lowest BCUT2D eigenvalue weighted by Gasteiger charge is -2.11. The number of hydrogen-bond donors (Lipinski definition) is 1. The first-order valence-electron chi connectivity index (χ1n) is 5.87. The molecule has 0 radical (unpaired) electrons. The lowest BCUT2D eigenvalue weighted by Crippen LogP contribution is -2.25. The standard InChI is InChI=1S/C12H17N5O/c1-9(2)17-7-6-13-11(12(17)18)14-8-10-4-5-15-16(10)3/h4-7,9H,8H2,1-3H3,(H,13,14). The lowest BCUT2D eigenvalue weighted by atomic mass is 10.4. The Morgan fingerprint density at radius 2 is 2.17 bits per heavy atom. The second-order valence-corrected chi connectivity index (χ2v) is 4.38. The molecule has 0 aliphatic carbocycles. The predicted molar refractivity (Wildman–Crippen MR) is 69.4 cm³/mol. The van der Waals surface area contributed by atoms with E-state index in [1.165, 1.54) is 0 Å². The van der Waals surface area contributed by atoms with Crippen LogP contribution in [0.4, 0.5) is 5.82 Å². The van der Waals surface area contributed by atoms with Crippen molar-refractivity contribution >= 4 is 5.82 Å². The molecule has 0 bridgehead atoms. The van der Waals surface area contributed by atoms with Gasteiger partial charge < -0.3 is 9.88 Å². The maximum Gasteiger partial charge on any atom is 0.293 e. The Morgan fingerprint density at radius 1 is 1.39 bits per heavy atom. The quantitative estimate of drug-likeness (QED) is 0.880. The summed E-state index contributed by atoms with van der Waals surface area (Å²) in [5, 5.41) is 7.12. The zero-order valence-electron chi connectivity index (χ0n) is 10.8. The summed E-state index contributed by atoms with van der Waals surface area (Å²) in [6, 6.07) is 2.02. The molecule has 0 spiro atoms. The van der Waals surface area contributed by atoms with Crippen molar-refractivity contribution in [3.8, 4) is 0 Å². The third-order valence-corrected chi connectivity index (χ3v) is 2.78. The number of nitrogens with zero attached hydrogens (tertiary/aromatic N) is 4. The van der Waals surface area contributed by atoms with Gasteiger partial charge in [-0.25, -0.2) is 4.98 Å². The van der Waals surface area contributed by atoms with Gasteiger partial charge in [0.1, 0.15) is 0 Å². The molecule has 0 aliphatic rings. The molecule has 0 saturated heterocycles. The van der Waals surface area contributed by atoms with Gasteiger partial charge in [0.05, 0.1) is 12.2 Å². The molecule has 2 aromatic heterocycles. The van der Waals surface area contributed by atoms with Gasteiger partial charge in [-0.2, -0.15) is 5.10 Å². The van der Waals surface area contributed by atoms with Gasteiger partial charge in [-0.3, -0.25) is 9.48 Å². The minimum absolute atomic E-state index is 0.102. The summed E-state index contributed by atoms with van der Waals surface area (Å²) in [6.45, 7) is 4.46. The molecule has 2 aromatic rings. The predicted octanol–water partition coefficient (Wildman–Crippen LogP) is 1.17. The molecule has 18 heavy (non-hydrogen) atoms. The first kappa shape index (κ1) is 12.3. The van der Waals surface area contributed by atoms with Crippen LogP contribution in [0.5, 0.6) is 0 Å². The fourth-order valence-electron chi connectivity index (χ4n) is 1.70. The smallest absolute Gasteiger partial charge is 0.293 e. The molecule has 2 rings (SSSR count). The third kappa shape index (κ3) is 2.42. The zero-order valence-corrected chi connectivity index (χ0v) is 10.8. The van der Waals surface area contributed by atoms with Crippen molar-refractivity contribution in [2.45, 2.75) is 26.4 Å². The van der Waals surface area contributed by atoms with E-state index >= 15 is 0 Å². The highest BCUT2D eigenvalue weighted by Crippen LogP contribution is 2.03. The topological polar surface area (TPSA) is 64.7 Å². The highest BCUT2D eigenvalue weighted by atomic mass is 16.1. The highest BCUT2D eigenvalue weighted by Gasteiger charge is 2.07. The Bertz CT molecular complexity index is 584. The van der Waals surface area contributed by atoms with Crippen molar-refractivity contribution in [3.05, 3.63) is 40.7 Å². The van der Waals surface area contributed by atoms with Crippen LogP contribution in [0.25, 0.3) is 0 Å². The van der Waals surface area contributed by atoms with Crippen LogP contribution in [-0.4, -0.2) is 19.3 Å². The van der Waals surface area contributed by atoms with Crippen LogP contribution < -0.4 is 10.9 Å². The van der Waals surface area contributed by atoms with E-state index < -0.39 is 0 Å². The summed E-state index contributed by atoms with van der Waals surface area (Å²) in [4.78, 5) is 16.1. The molecule has 0 amide bonds. The molecule has 0 atom stereocenters. The number of aromatic nitrogens is 4. The van der Waals surface area contributed by atoms with Gasteiger partial charge >= 0.3 is 0 Å². The molecule has 0 aliphatic heterocycles. The van der Waals surface area contributed by atoms with E-state index in [1.807, 2.05) is 27.0 Å². The van der Waals surface area contributed by atoms with Gasteiger partial charge in [-0.15, -0.1) is 0 Å². The fourth-order valence-corrected chi connectivity index (χ4v) is 1.70. The monoisotopic (exact) mass is 247 g/mol. The molecule has 0 unspecified atom stereocenters. The van der Waals surface area contributed by atoms with E-state index in [-0.39, 0.29) is 11.6 Å². The van der Waals surface area contributed by atoms with Crippen LogP contribution >= 0.6 is 0 Å². The van der Waals surface area contributed by atoms with Gasteiger partial charge in [0.2, 0.25) is 0 Å². The van der Waals surface area contributed by atoms with Crippen molar-refractivity contribution in [3.63, 3.8) is 0 Å². The average molecular weight is 247 g/mol. The lowest BCUT2D eigenvalue weighted by molar-refractivity contribution is 0.575. The molecule has 6 heteroatoms. The van der Waals surface area contributed by atoms with Crippen LogP contribution in [0.2, 0.25) is 0 Å². The van der Waals surface area contributed by atoms with E-state index in [2.05, 4.69) is 15.4 Å². The highest BCUT2D eigenvalue weighted by molar-refractivity contribution is 5.31. The van der Waals surface area contributed by atoms with E-state index in [1.54, 1.807) is 27.8 Å². The van der Waals surface area contributed by atoms with E-state index in [0.717, 1.165) is 5.69 Å². The molecule has 2 heterocycles. The van der Waals surface area contributed by atoms with E-state index in [4.69, 9.17) is 0 Å². The van der Waals surface area contributed by atoms with Crippen LogP contribution in [0.3, 0.4) is 0 Å². The van der Waals surface area contributed by atoms with E-state index in [0.29, 0.717) is 12.4 Å². The maximum absolute atomic E-state index is 12.1. The van der Waals surface area contributed by atoms with Gasteiger partial charge in [-0.05, 0) is 19.9 Å². The van der Waals surface area contributed by atoms with Crippen molar-refractivity contribution < 1.29 is 0 Å². The van der Waals surface area contributed by atoms with Crippen molar-refractivity contribution in [2.24, 2.45) is 7.05 Å². The van der Waals surface area contributed by atoms with Crippen LogP contribution in [0, 0.1) is 0 Å². The molecular weight excluding hydrogens is 230 g/mol. The summed E-state index contributed by atoms with van der Waals surface area (Å²) in [5.74, 6) is 0.368. The first-order valence-corrected chi connectivity index (χ1v) is 5.87. The minimum atomic E-state index is -0.102. The fraction of sp³-hybridized carbons (Fsp3) is 0.417. The third-order valence-electron chi connectivity index (χ3n) is 2.78. The van der Waals surface area contributed by atoms with Crippen LogP contribution in [-0.2, 0) is 13.6 Å². The molecule has 0 fully saturated rings. The van der Waals surface area contributed by atoms with Gasteiger partial charge in [-0.1, -0.05) is 0 Å². The van der Waals surface area contributed by atoms with Crippen molar-refractivity contribution in [2.75, 3.05) is 5.32 Å². The molecular formula is C12H17N5O. The van der Waals surface area contributed by atoms with Gasteiger partial charge in [0.15, 0.2) is 5.82 Å². The number of hydrogen-bond acceptors (Lipinski definition) is 4. The Morgan fingerprint density at radius 3 is 2.78 bits per heavy atom. The Labute approximate surface area is 105 Å². The Kier molecular flexibility index (Phi) is 3.45. The largest absolute Gasteiger partial charge is 0.360 e. The summed E-state index contributed by atoms with van der Waals surface area (Å²) < 4.78 is 3.41. The van der Waals surface area contributed by atoms with Crippen molar-refractivity contribution in [1.29, 1.82) is 0 Å². The second kappa shape index (κ2) is 5.03. The second-order valence-electron chi connectivity index (χ2n) is 4.38. The number of rotatable bonds is 4. The van der Waals surface area contributed by atoms with Gasteiger partial charge in [0, 0.05) is 31.7 Å². The normalized spacial score (nSPS) is 10.9. The Balaban J connectivity index is 2.18. The van der Waals surface area contributed by atoms with Crippen LogP contribution in [0.1, 0.15) is 25.6 Å². The molecule has 96 valence electrons. The first-order chi connectivity index (χ1) is 8.59. The number of aryl methyl sites for hydroxylation is 1. The SMILES string of the molecule is CC(C)n1ccnc(NCc2ccnn2C)c1=O. The average Bonchev–Trinajstić information content (AvgIpc) is 2.73. The number of anilines is 1. The minimum Gasteiger partial charge on any atom is -0.360 e. The summed E-state index contributed by atoms with van der Waals surface area (Å²) in [6.07, 6.45) is 5.05. The summed E-state index contributed by atoms with van der Waals surface area (Å²) >= 11 is 0. The number of nitrogens with one attached hydrogen (secondary N) is 1. The van der Waals surface area contributed by atoms with Crippen molar-refractivity contribution in [1.82, 2.24) is 19.3 Å². The molecule has 0 aromatic carbocycles. The molecule has 0 saturated carbocycles. The molecule has 1 N–H and O–H groups in total. The maximum atomic E-state index is 12.1. The van der Waals surface area contributed by atoms with E-state index in [9.17, 15) is 4.79 Å².